The lowest BCUT2D eigenvalue weighted by molar-refractivity contribution is -0.134. The predicted octanol–water partition coefficient (Wildman–Crippen LogP) is 2.68. The number of carbonyl (C=O) groups excluding carboxylic acids is 1. The highest BCUT2D eigenvalue weighted by molar-refractivity contribution is 5.78. The molecule has 1 aliphatic rings. The van der Waals surface area contributed by atoms with Crippen molar-refractivity contribution in [1.82, 2.24) is 4.90 Å². The van der Waals surface area contributed by atoms with Crippen LogP contribution in [0.25, 0.3) is 0 Å². The Labute approximate surface area is 138 Å². The minimum atomic E-state index is -0.685. The molecule has 0 bridgehead atoms. The number of likely N-dealkylation sites (tertiary alicyclic amines) is 1. The van der Waals surface area contributed by atoms with E-state index in [4.69, 9.17) is 4.74 Å². The van der Waals surface area contributed by atoms with E-state index in [0.29, 0.717) is 12.0 Å². The van der Waals surface area contributed by atoms with Gasteiger partial charge in [-0.05, 0) is 36.2 Å². The van der Waals surface area contributed by atoms with E-state index in [1.165, 1.54) is 35.2 Å². The molecular weight excluding hydrogens is 316 g/mol. The van der Waals surface area contributed by atoms with Crippen LogP contribution in [0.2, 0.25) is 0 Å². The number of carbonyl (C=O) groups is 1. The van der Waals surface area contributed by atoms with Crippen LogP contribution in [0.4, 0.5) is 8.78 Å². The van der Waals surface area contributed by atoms with E-state index < -0.39 is 23.8 Å². The van der Waals surface area contributed by atoms with E-state index in [-0.39, 0.29) is 24.8 Å². The van der Waals surface area contributed by atoms with Crippen molar-refractivity contribution in [3.63, 3.8) is 0 Å². The first-order valence-corrected chi connectivity index (χ1v) is 7.65. The Bertz CT molecular complexity index is 738. The van der Waals surface area contributed by atoms with Gasteiger partial charge in [-0.3, -0.25) is 4.79 Å². The highest BCUT2D eigenvalue weighted by atomic mass is 19.1. The number of rotatable bonds is 4. The van der Waals surface area contributed by atoms with Crippen molar-refractivity contribution in [2.45, 2.75) is 18.6 Å². The molecule has 1 N–H and O–H groups in total. The van der Waals surface area contributed by atoms with Gasteiger partial charge in [0.2, 0.25) is 0 Å². The number of hydrogen-bond acceptors (Lipinski definition) is 3. The van der Waals surface area contributed by atoms with Crippen LogP contribution in [0.5, 0.6) is 5.75 Å². The zero-order chi connectivity index (χ0) is 17.1. The molecule has 2 aromatic rings. The van der Waals surface area contributed by atoms with E-state index >= 15 is 0 Å². The maximum absolute atomic E-state index is 13.5. The molecule has 0 aliphatic carbocycles. The summed E-state index contributed by atoms with van der Waals surface area (Å²) < 4.78 is 32.2. The van der Waals surface area contributed by atoms with Crippen LogP contribution in [0.15, 0.2) is 48.5 Å². The van der Waals surface area contributed by atoms with Crippen molar-refractivity contribution in [1.29, 1.82) is 0 Å². The second-order valence-electron chi connectivity index (χ2n) is 5.73. The average Bonchev–Trinajstić information content (AvgIpc) is 2.96. The Morgan fingerprint density at radius 1 is 1.21 bits per heavy atom. The van der Waals surface area contributed by atoms with Gasteiger partial charge in [-0.15, -0.1) is 0 Å². The third-order valence-electron chi connectivity index (χ3n) is 4.02. The summed E-state index contributed by atoms with van der Waals surface area (Å²) in [6.45, 7) is -0.208. The largest absolute Gasteiger partial charge is 0.481 e. The Kier molecular flexibility index (Phi) is 4.76. The average molecular weight is 333 g/mol. The molecule has 1 amide bonds. The number of β-amino-alcohol motifs (C(OH)–C–C–N with tert-alkyl or cyclic N) is 1. The summed E-state index contributed by atoms with van der Waals surface area (Å²) in [5.41, 5.74) is 0.616. The predicted molar refractivity (Wildman–Crippen MR) is 83.4 cm³/mol. The summed E-state index contributed by atoms with van der Waals surface area (Å²) >= 11 is 0. The van der Waals surface area contributed by atoms with Gasteiger partial charge in [0.15, 0.2) is 18.2 Å². The molecule has 1 heterocycles. The Morgan fingerprint density at radius 3 is 2.75 bits per heavy atom. The normalized spacial score (nSPS) is 20.2. The Hall–Kier alpha value is -2.47. The molecule has 0 saturated carbocycles. The van der Waals surface area contributed by atoms with Crippen molar-refractivity contribution in [3.8, 4) is 5.75 Å². The van der Waals surface area contributed by atoms with Gasteiger partial charge in [0, 0.05) is 6.54 Å². The fourth-order valence-corrected chi connectivity index (χ4v) is 2.90. The number of hydrogen-bond donors (Lipinski definition) is 1. The quantitative estimate of drug-likeness (QED) is 0.936. The Balaban J connectivity index is 1.71. The lowest BCUT2D eigenvalue weighted by Gasteiger charge is -2.25. The number of aliphatic hydroxyl groups is 1. The fraction of sp³-hybridized carbons (Fsp3) is 0.278. The SMILES string of the molecule is O=C(COc1ccccc1F)N1CC(O)CC1c1cccc(F)c1. The summed E-state index contributed by atoms with van der Waals surface area (Å²) in [4.78, 5) is 13.9. The summed E-state index contributed by atoms with van der Waals surface area (Å²) in [7, 11) is 0. The number of aliphatic hydroxyl groups excluding tert-OH is 1. The maximum atomic E-state index is 13.5. The molecule has 2 unspecified atom stereocenters. The van der Waals surface area contributed by atoms with Gasteiger partial charge in [-0.25, -0.2) is 8.78 Å². The minimum absolute atomic E-state index is 0.00657. The van der Waals surface area contributed by atoms with Crippen LogP contribution < -0.4 is 4.74 Å². The zero-order valence-electron chi connectivity index (χ0n) is 12.9. The van der Waals surface area contributed by atoms with E-state index in [1.807, 2.05) is 0 Å². The molecule has 126 valence electrons. The van der Waals surface area contributed by atoms with Crippen LogP contribution in [-0.4, -0.2) is 35.2 Å². The van der Waals surface area contributed by atoms with Gasteiger partial charge in [-0.2, -0.15) is 0 Å². The van der Waals surface area contributed by atoms with E-state index in [0.717, 1.165) is 0 Å². The summed E-state index contributed by atoms with van der Waals surface area (Å²) in [6.07, 6.45) is -0.356. The van der Waals surface area contributed by atoms with Crippen molar-refractivity contribution >= 4 is 5.91 Å². The molecule has 2 atom stereocenters. The number of ether oxygens (including phenoxy) is 1. The van der Waals surface area contributed by atoms with Crippen molar-refractivity contribution in [2.24, 2.45) is 0 Å². The summed E-state index contributed by atoms with van der Waals surface area (Å²) in [6, 6.07) is 11.3. The molecule has 6 heteroatoms. The van der Waals surface area contributed by atoms with Crippen LogP contribution in [0, 0.1) is 11.6 Å². The highest BCUT2D eigenvalue weighted by Gasteiger charge is 2.35. The molecule has 4 nitrogen and oxygen atoms in total. The fourth-order valence-electron chi connectivity index (χ4n) is 2.90. The van der Waals surface area contributed by atoms with Crippen LogP contribution in [0.3, 0.4) is 0 Å². The smallest absolute Gasteiger partial charge is 0.261 e. The lowest BCUT2D eigenvalue weighted by atomic mass is 10.0. The number of benzene rings is 2. The molecular formula is C18H17F2NO3. The van der Waals surface area contributed by atoms with Crippen molar-refractivity contribution < 1.29 is 23.4 Å². The minimum Gasteiger partial charge on any atom is -0.481 e. The van der Waals surface area contributed by atoms with Crippen molar-refractivity contribution in [2.75, 3.05) is 13.2 Å². The Morgan fingerprint density at radius 2 is 2.00 bits per heavy atom. The van der Waals surface area contributed by atoms with Gasteiger partial charge < -0.3 is 14.7 Å². The number of amides is 1. The van der Waals surface area contributed by atoms with E-state index in [9.17, 15) is 18.7 Å². The van der Waals surface area contributed by atoms with Gasteiger partial charge in [0.05, 0.1) is 12.1 Å². The van der Waals surface area contributed by atoms with Gasteiger partial charge in [0.25, 0.3) is 5.91 Å². The van der Waals surface area contributed by atoms with Crippen LogP contribution in [0.1, 0.15) is 18.0 Å². The number of para-hydroxylation sites is 1. The van der Waals surface area contributed by atoms with Gasteiger partial charge >= 0.3 is 0 Å². The lowest BCUT2D eigenvalue weighted by Crippen LogP contribution is -2.35. The van der Waals surface area contributed by atoms with Gasteiger partial charge in [-0.1, -0.05) is 24.3 Å². The molecule has 1 fully saturated rings. The van der Waals surface area contributed by atoms with Crippen molar-refractivity contribution in [3.05, 3.63) is 65.7 Å². The maximum Gasteiger partial charge on any atom is 0.261 e. The third-order valence-corrected chi connectivity index (χ3v) is 4.02. The summed E-state index contributed by atoms with van der Waals surface area (Å²) in [5, 5.41) is 9.89. The first-order valence-electron chi connectivity index (χ1n) is 7.65. The first kappa shape index (κ1) is 16.4. The first-order chi connectivity index (χ1) is 11.5. The molecule has 0 radical (unpaired) electrons. The van der Waals surface area contributed by atoms with Gasteiger partial charge in [0.1, 0.15) is 5.82 Å². The molecule has 1 aliphatic heterocycles. The molecule has 1 saturated heterocycles. The number of nitrogens with zero attached hydrogens (tertiary/aromatic N) is 1. The topological polar surface area (TPSA) is 49.8 Å². The van der Waals surface area contributed by atoms with E-state index in [1.54, 1.807) is 18.2 Å². The molecule has 2 aromatic carbocycles. The van der Waals surface area contributed by atoms with E-state index in [2.05, 4.69) is 0 Å². The standard InChI is InChI=1S/C18H17F2NO3/c19-13-5-3-4-12(8-13)16-9-14(22)10-21(16)18(23)11-24-17-7-2-1-6-15(17)20/h1-8,14,16,22H,9-11H2. The monoisotopic (exact) mass is 333 g/mol. The highest BCUT2D eigenvalue weighted by Crippen LogP contribution is 2.32. The summed E-state index contributed by atoms with van der Waals surface area (Å²) in [5.74, 6) is -1.34. The number of halogens is 2. The van der Waals surface area contributed by atoms with Crippen LogP contribution >= 0.6 is 0 Å². The molecule has 3 rings (SSSR count). The second-order valence-corrected chi connectivity index (χ2v) is 5.73. The third kappa shape index (κ3) is 3.54. The molecule has 24 heavy (non-hydrogen) atoms. The zero-order valence-corrected chi connectivity index (χ0v) is 12.9. The molecule has 0 spiro atoms. The van der Waals surface area contributed by atoms with Crippen LogP contribution in [-0.2, 0) is 4.79 Å². The molecule has 0 aromatic heterocycles. The second kappa shape index (κ2) is 6.97.